The molecule has 1 aromatic carbocycles. The molecular formula is C13H16N2O4. The first kappa shape index (κ1) is 14.7. The normalized spacial score (nSPS) is 11.5. The average molecular weight is 264 g/mol. The number of carboxylic acid groups (broad SMARTS) is 1. The Hall–Kier alpha value is -2.37. The molecule has 0 radical (unpaired) electrons. The van der Waals surface area contributed by atoms with Gasteiger partial charge >= 0.3 is 12.0 Å². The van der Waals surface area contributed by atoms with Gasteiger partial charge in [-0.25, -0.2) is 9.59 Å². The van der Waals surface area contributed by atoms with Gasteiger partial charge in [0.05, 0.1) is 0 Å². The van der Waals surface area contributed by atoms with Gasteiger partial charge in [0.15, 0.2) is 6.04 Å². The Morgan fingerprint density at radius 2 is 1.74 bits per heavy atom. The molecule has 0 aliphatic rings. The van der Waals surface area contributed by atoms with Crippen LogP contribution in [0.1, 0.15) is 24.1 Å². The highest BCUT2D eigenvalue weighted by atomic mass is 16.4. The minimum absolute atomic E-state index is 0.448. The third-order valence-electron chi connectivity index (χ3n) is 2.70. The number of carbonyl (C=O) groups is 3. The number of rotatable bonds is 3. The fourth-order valence-corrected chi connectivity index (χ4v) is 1.41. The van der Waals surface area contributed by atoms with Crippen LogP contribution in [0.2, 0.25) is 0 Å². The number of urea groups is 1. The van der Waals surface area contributed by atoms with Crippen LogP contribution in [0.3, 0.4) is 0 Å². The van der Waals surface area contributed by atoms with Crippen LogP contribution >= 0.6 is 0 Å². The lowest BCUT2D eigenvalue weighted by atomic mass is 10.1. The van der Waals surface area contributed by atoms with Crippen molar-refractivity contribution in [1.29, 1.82) is 0 Å². The van der Waals surface area contributed by atoms with Gasteiger partial charge in [0.25, 0.3) is 0 Å². The minimum atomic E-state index is -1.19. The topological polar surface area (TPSA) is 86.7 Å². The Labute approximate surface area is 111 Å². The maximum Gasteiger partial charge on any atom is 0.330 e. The smallest absolute Gasteiger partial charge is 0.330 e. The second-order valence-electron chi connectivity index (χ2n) is 4.21. The molecule has 0 aromatic heterocycles. The molecule has 0 aliphatic carbocycles. The molecular weight excluding hydrogens is 248 g/mol. The molecule has 1 rings (SSSR count). The van der Waals surface area contributed by atoms with E-state index in [0.717, 1.165) is 10.5 Å². The molecule has 1 unspecified atom stereocenters. The number of hydrogen-bond donors (Lipinski definition) is 2. The summed E-state index contributed by atoms with van der Waals surface area (Å²) in [6.45, 7) is 3.10. The third-order valence-corrected chi connectivity index (χ3v) is 2.70. The number of aryl methyl sites for hydroxylation is 1. The van der Waals surface area contributed by atoms with Crippen molar-refractivity contribution in [3.63, 3.8) is 0 Å². The number of carboxylic acids is 1. The zero-order valence-electron chi connectivity index (χ0n) is 11.0. The first-order chi connectivity index (χ1) is 8.82. The van der Waals surface area contributed by atoms with Crippen LogP contribution in [0, 0.1) is 6.92 Å². The lowest BCUT2D eigenvalue weighted by Crippen LogP contribution is -2.43. The highest BCUT2D eigenvalue weighted by Gasteiger charge is 2.24. The zero-order chi connectivity index (χ0) is 14.6. The molecule has 19 heavy (non-hydrogen) atoms. The Bertz CT molecular complexity index is 496. The van der Waals surface area contributed by atoms with Crippen LogP contribution in [-0.4, -0.2) is 35.0 Å². The molecule has 1 aromatic rings. The molecule has 102 valence electrons. The van der Waals surface area contributed by atoms with Crippen LogP contribution in [-0.2, 0) is 9.59 Å². The molecule has 0 saturated heterocycles. The van der Waals surface area contributed by atoms with Crippen molar-refractivity contribution in [3.05, 3.63) is 35.4 Å². The fourth-order valence-electron chi connectivity index (χ4n) is 1.41. The van der Waals surface area contributed by atoms with E-state index in [2.05, 4.69) is 5.32 Å². The van der Waals surface area contributed by atoms with Gasteiger partial charge in [0.2, 0.25) is 5.91 Å². The molecule has 6 nitrogen and oxygen atoms in total. The summed E-state index contributed by atoms with van der Waals surface area (Å²) in [4.78, 5) is 34.7. The van der Waals surface area contributed by atoms with Crippen LogP contribution in [0.5, 0.6) is 0 Å². The number of carbonyl (C=O) groups excluding carboxylic acids is 2. The molecule has 0 heterocycles. The summed E-state index contributed by atoms with van der Waals surface area (Å²) in [5.41, 5.74) is 1.43. The number of nitrogens with zero attached hydrogens (tertiary/aromatic N) is 1. The molecule has 0 aliphatic heterocycles. The van der Waals surface area contributed by atoms with Crippen LogP contribution < -0.4 is 5.32 Å². The van der Waals surface area contributed by atoms with Gasteiger partial charge in [0.1, 0.15) is 0 Å². The number of benzene rings is 1. The quantitative estimate of drug-likeness (QED) is 0.861. The first-order valence-corrected chi connectivity index (χ1v) is 5.67. The van der Waals surface area contributed by atoms with Crippen LogP contribution in [0.15, 0.2) is 24.3 Å². The first-order valence-electron chi connectivity index (χ1n) is 5.67. The number of nitrogens with one attached hydrogen (secondary N) is 1. The number of amides is 3. The number of hydrogen-bond acceptors (Lipinski definition) is 3. The molecule has 2 N–H and O–H groups in total. The van der Waals surface area contributed by atoms with E-state index in [1.54, 1.807) is 24.3 Å². The summed E-state index contributed by atoms with van der Waals surface area (Å²) in [5.74, 6) is -1.65. The lowest BCUT2D eigenvalue weighted by Gasteiger charge is -2.19. The Kier molecular flexibility index (Phi) is 4.63. The molecule has 6 heteroatoms. The zero-order valence-corrected chi connectivity index (χ0v) is 11.0. The summed E-state index contributed by atoms with van der Waals surface area (Å²) >= 11 is 0. The average Bonchev–Trinajstić information content (AvgIpc) is 2.35. The van der Waals surface area contributed by atoms with Gasteiger partial charge in [-0.3, -0.25) is 9.69 Å². The van der Waals surface area contributed by atoms with Crippen LogP contribution in [0.4, 0.5) is 4.79 Å². The Morgan fingerprint density at radius 1 is 1.21 bits per heavy atom. The summed E-state index contributed by atoms with van der Waals surface area (Å²) in [5, 5.41) is 11.4. The van der Waals surface area contributed by atoms with E-state index in [1.165, 1.54) is 14.0 Å². The predicted molar refractivity (Wildman–Crippen MR) is 68.5 cm³/mol. The maximum absolute atomic E-state index is 11.7. The van der Waals surface area contributed by atoms with E-state index in [-0.39, 0.29) is 0 Å². The number of aliphatic carboxylic acids is 1. The van der Waals surface area contributed by atoms with E-state index in [1.807, 2.05) is 6.92 Å². The SMILES string of the molecule is CC(=O)N(C)C(=O)NC(C(=O)O)c1ccc(C)cc1. The molecule has 0 bridgehead atoms. The maximum atomic E-state index is 11.7. The van der Waals surface area contributed by atoms with E-state index >= 15 is 0 Å². The van der Waals surface area contributed by atoms with Crippen molar-refractivity contribution in [3.8, 4) is 0 Å². The predicted octanol–water partition coefficient (Wildman–Crippen LogP) is 1.31. The largest absolute Gasteiger partial charge is 0.479 e. The molecule has 0 fully saturated rings. The molecule has 0 spiro atoms. The molecule has 3 amide bonds. The Morgan fingerprint density at radius 3 is 2.16 bits per heavy atom. The van der Waals surface area contributed by atoms with E-state index in [0.29, 0.717) is 5.56 Å². The van der Waals surface area contributed by atoms with Gasteiger partial charge < -0.3 is 10.4 Å². The highest BCUT2D eigenvalue weighted by Crippen LogP contribution is 2.14. The van der Waals surface area contributed by atoms with E-state index in [4.69, 9.17) is 5.11 Å². The number of imide groups is 1. The van der Waals surface area contributed by atoms with E-state index in [9.17, 15) is 14.4 Å². The molecule has 0 saturated carbocycles. The summed E-state index contributed by atoms with van der Waals surface area (Å²) in [6.07, 6.45) is 0. The fraction of sp³-hybridized carbons (Fsp3) is 0.308. The van der Waals surface area contributed by atoms with E-state index < -0.39 is 23.9 Å². The summed E-state index contributed by atoms with van der Waals surface area (Å²) in [6, 6.07) is 4.83. The van der Waals surface area contributed by atoms with Gasteiger partial charge in [0, 0.05) is 14.0 Å². The van der Waals surface area contributed by atoms with Crippen molar-refractivity contribution in [1.82, 2.24) is 10.2 Å². The minimum Gasteiger partial charge on any atom is -0.479 e. The second-order valence-corrected chi connectivity index (χ2v) is 4.21. The van der Waals surface area contributed by atoms with Crippen molar-refractivity contribution in [2.24, 2.45) is 0 Å². The van der Waals surface area contributed by atoms with Crippen molar-refractivity contribution in [2.45, 2.75) is 19.9 Å². The summed E-state index contributed by atoms with van der Waals surface area (Å²) in [7, 11) is 1.28. The summed E-state index contributed by atoms with van der Waals surface area (Å²) < 4.78 is 0. The molecule has 1 atom stereocenters. The van der Waals surface area contributed by atoms with Crippen molar-refractivity contribution in [2.75, 3.05) is 7.05 Å². The second kappa shape index (κ2) is 5.99. The van der Waals surface area contributed by atoms with Crippen LogP contribution in [0.25, 0.3) is 0 Å². The Balaban J connectivity index is 2.91. The third kappa shape index (κ3) is 3.80. The highest BCUT2D eigenvalue weighted by molar-refractivity contribution is 5.94. The monoisotopic (exact) mass is 264 g/mol. The van der Waals surface area contributed by atoms with Crippen molar-refractivity contribution < 1.29 is 19.5 Å². The standard InChI is InChI=1S/C13H16N2O4/c1-8-4-6-10(7-5-8)11(12(17)18)14-13(19)15(3)9(2)16/h4-7,11H,1-3H3,(H,14,19)(H,17,18). The van der Waals surface area contributed by atoms with Crippen molar-refractivity contribution >= 4 is 17.9 Å². The lowest BCUT2D eigenvalue weighted by molar-refractivity contribution is -0.139. The van der Waals surface area contributed by atoms with Gasteiger partial charge in [-0.15, -0.1) is 0 Å². The van der Waals surface area contributed by atoms with Gasteiger partial charge in [-0.1, -0.05) is 29.8 Å². The van der Waals surface area contributed by atoms with Gasteiger partial charge in [-0.05, 0) is 12.5 Å². The van der Waals surface area contributed by atoms with Gasteiger partial charge in [-0.2, -0.15) is 0 Å².